The second-order valence-corrected chi connectivity index (χ2v) is 16.2. The van der Waals surface area contributed by atoms with Gasteiger partial charge in [-0.25, -0.2) is 14.6 Å². The van der Waals surface area contributed by atoms with E-state index in [4.69, 9.17) is 9.47 Å². The summed E-state index contributed by atoms with van der Waals surface area (Å²) in [7, 11) is 1.39. The number of ether oxygens (including phenoxy) is 2. The van der Waals surface area contributed by atoms with E-state index in [2.05, 4.69) is 107 Å². The van der Waals surface area contributed by atoms with E-state index in [1.807, 2.05) is 50.0 Å². The molecular formula is C42H45N3O4S2. The van der Waals surface area contributed by atoms with Gasteiger partial charge in [0.25, 0.3) is 0 Å². The average Bonchev–Trinajstić information content (AvgIpc) is 3.85. The standard InChI is InChI=1S/C42H45N3O4S2/c1-41(2,3)49-40(47)38(45-33-22-20-29(35(26-33)39(46)48-4)21-23-37-43-24-25-50-37)36-27-34(28-44-36)51-42(30-14-8-5-9-15-30,31-16-10-6-11-17-31)32-18-12-7-13-19-32/h5-20,22,24-26,34,36,38,44-45H,21,23,27-28H2,1-4H3. The van der Waals surface area contributed by atoms with E-state index in [0.29, 0.717) is 30.6 Å². The topological polar surface area (TPSA) is 89.5 Å². The molecule has 0 radical (unpaired) electrons. The molecule has 0 saturated carbocycles. The van der Waals surface area contributed by atoms with E-state index in [1.165, 1.54) is 23.8 Å². The molecule has 0 amide bonds. The Kier molecular flexibility index (Phi) is 11.6. The van der Waals surface area contributed by atoms with E-state index in [9.17, 15) is 9.59 Å². The van der Waals surface area contributed by atoms with Crippen LogP contribution in [0.4, 0.5) is 5.69 Å². The summed E-state index contributed by atoms with van der Waals surface area (Å²) < 4.78 is 10.7. The summed E-state index contributed by atoms with van der Waals surface area (Å²) in [5.74, 6) is -0.769. The van der Waals surface area contributed by atoms with Crippen molar-refractivity contribution >= 4 is 40.7 Å². The Hall–Kier alpha value is -4.44. The number of carbonyl (C=O) groups is 2. The van der Waals surface area contributed by atoms with Crippen LogP contribution in [0.5, 0.6) is 0 Å². The molecule has 1 aliphatic heterocycles. The number of nitrogens with zero attached hydrogens (tertiary/aromatic N) is 1. The lowest BCUT2D eigenvalue weighted by molar-refractivity contribution is -0.156. The van der Waals surface area contributed by atoms with Crippen LogP contribution >= 0.6 is 23.1 Å². The lowest BCUT2D eigenvalue weighted by Crippen LogP contribution is -2.48. The van der Waals surface area contributed by atoms with Gasteiger partial charge in [0, 0.05) is 41.5 Å². The highest BCUT2D eigenvalue weighted by Crippen LogP contribution is 2.51. The highest BCUT2D eigenvalue weighted by Gasteiger charge is 2.44. The molecule has 1 fully saturated rings. The molecule has 5 aromatic rings. The normalized spacial score (nSPS) is 16.7. The highest BCUT2D eigenvalue weighted by molar-refractivity contribution is 8.01. The summed E-state index contributed by atoms with van der Waals surface area (Å²) in [4.78, 5) is 31.3. The van der Waals surface area contributed by atoms with Crippen molar-refractivity contribution in [3.63, 3.8) is 0 Å². The number of thioether (sulfide) groups is 1. The lowest BCUT2D eigenvalue weighted by Gasteiger charge is -2.37. The number of anilines is 1. The number of hydrogen-bond acceptors (Lipinski definition) is 9. The van der Waals surface area contributed by atoms with Crippen LogP contribution in [0.1, 0.15) is 64.8 Å². The molecule has 0 spiro atoms. The van der Waals surface area contributed by atoms with E-state index in [-0.39, 0.29) is 17.3 Å². The summed E-state index contributed by atoms with van der Waals surface area (Å²) in [5.41, 5.74) is 4.89. The average molecular weight is 720 g/mol. The van der Waals surface area contributed by atoms with Crippen LogP contribution in [0.2, 0.25) is 0 Å². The molecule has 0 bridgehead atoms. The molecule has 7 nitrogen and oxygen atoms in total. The first-order chi connectivity index (χ1) is 24.7. The predicted molar refractivity (Wildman–Crippen MR) is 208 cm³/mol. The highest BCUT2D eigenvalue weighted by atomic mass is 32.2. The van der Waals surface area contributed by atoms with Gasteiger partial charge in [0.2, 0.25) is 0 Å². The van der Waals surface area contributed by atoms with Crippen LogP contribution in [-0.2, 0) is 31.9 Å². The molecular weight excluding hydrogens is 675 g/mol. The van der Waals surface area contributed by atoms with Gasteiger partial charge in [0.1, 0.15) is 11.6 Å². The SMILES string of the molecule is COC(=O)c1cc(NC(C(=O)OC(C)(C)C)C2CC(SC(c3ccccc3)(c3ccccc3)c3ccccc3)CN2)ccc1CCc1nccs1. The number of thiazole rings is 1. The quantitative estimate of drug-likeness (QED) is 0.0929. The predicted octanol–water partition coefficient (Wildman–Crippen LogP) is 8.29. The molecule has 4 aromatic carbocycles. The van der Waals surface area contributed by atoms with Crippen molar-refractivity contribution in [3.05, 3.63) is 154 Å². The van der Waals surface area contributed by atoms with Gasteiger partial charge in [0.05, 0.1) is 22.4 Å². The fourth-order valence-electron chi connectivity index (χ4n) is 6.72. The minimum absolute atomic E-state index is 0.154. The third kappa shape index (κ3) is 8.72. The van der Waals surface area contributed by atoms with Crippen molar-refractivity contribution in [3.8, 4) is 0 Å². The molecule has 1 saturated heterocycles. The number of aryl methyl sites for hydroxylation is 2. The fourth-order valence-corrected chi connectivity index (χ4v) is 9.14. The molecule has 0 aliphatic carbocycles. The number of carbonyl (C=O) groups excluding carboxylic acids is 2. The van der Waals surface area contributed by atoms with Crippen molar-refractivity contribution in [2.75, 3.05) is 19.0 Å². The first-order valence-electron chi connectivity index (χ1n) is 17.3. The minimum atomic E-state index is -0.707. The van der Waals surface area contributed by atoms with Crippen LogP contribution in [0.25, 0.3) is 0 Å². The Morgan fingerprint density at radius 3 is 2.04 bits per heavy atom. The van der Waals surface area contributed by atoms with Gasteiger partial charge < -0.3 is 20.1 Å². The maximum Gasteiger partial charge on any atom is 0.338 e. The first-order valence-corrected chi connectivity index (χ1v) is 19.1. The van der Waals surface area contributed by atoms with Gasteiger partial charge in [-0.15, -0.1) is 23.1 Å². The number of rotatable bonds is 13. The van der Waals surface area contributed by atoms with E-state index in [0.717, 1.165) is 17.0 Å². The summed E-state index contributed by atoms with van der Waals surface area (Å²) in [6.45, 7) is 6.34. The third-order valence-electron chi connectivity index (χ3n) is 9.00. The molecule has 6 rings (SSSR count). The van der Waals surface area contributed by atoms with Gasteiger partial charge >= 0.3 is 11.9 Å². The second kappa shape index (κ2) is 16.3. The minimum Gasteiger partial charge on any atom is -0.465 e. The van der Waals surface area contributed by atoms with E-state index >= 15 is 0 Å². The van der Waals surface area contributed by atoms with Gasteiger partial charge in [0.15, 0.2) is 0 Å². The summed E-state index contributed by atoms with van der Waals surface area (Å²) in [6.07, 6.45) is 3.86. The van der Waals surface area contributed by atoms with Crippen molar-refractivity contribution in [1.29, 1.82) is 0 Å². The van der Waals surface area contributed by atoms with Crippen LogP contribution in [0.3, 0.4) is 0 Å². The van der Waals surface area contributed by atoms with Crippen LogP contribution in [0, 0.1) is 0 Å². The van der Waals surface area contributed by atoms with Crippen LogP contribution < -0.4 is 10.6 Å². The Balaban J connectivity index is 1.30. The number of methoxy groups -OCH3 is 1. The van der Waals surface area contributed by atoms with Gasteiger partial charge in [-0.1, -0.05) is 97.1 Å². The van der Waals surface area contributed by atoms with E-state index < -0.39 is 22.4 Å². The second-order valence-electron chi connectivity index (χ2n) is 13.7. The molecule has 1 aromatic heterocycles. The van der Waals surface area contributed by atoms with Crippen LogP contribution in [0.15, 0.2) is 121 Å². The largest absolute Gasteiger partial charge is 0.465 e. The monoisotopic (exact) mass is 719 g/mol. The third-order valence-corrected chi connectivity index (χ3v) is 11.6. The molecule has 3 atom stereocenters. The summed E-state index contributed by atoms with van der Waals surface area (Å²) >= 11 is 3.51. The molecule has 2 heterocycles. The number of nitrogens with one attached hydrogen (secondary N) is 2. The van der Waals surface area contributed by atoms with Crippen molar-refractivity contribution in [2.24, 2.45) is 0 Å². The Morgan fingerprint density at radius 1 is 0.902 bits per heavy atom. The fraction of sp³-hybridized carbons (Fsp3) is 0.310. The molecule has 3 unspecified atom stereocenters. The number of hydrogen-bond donors (Lipinski definition) is 2. The van der Waals surface area contributed by atoms with Gasteiger partial charge in [-0.3, -0.25) is 0 Å². The van der Waals surface area contributed by atoms with Crippen LogP contribution in [-0.4, -0.2) is 53.5 Å². The summed E-state index contributed by atoms with van der Waals surface area (Å²) in [5, 5.41) is 10.3. The van der Waals surface area contributed by atoms with Crippen molar-refractivity contribution in [1.82, 2.24) is 10.3 Å². The zero-order chi connectivity index (χ0) is 35.8. The number of aromatic nitrogens is 1. The maximum atomic E-state index is 14.0. The van der Waals surface area contributed by atoms with Gasteiger partial charge in [-0.05, 0) is 68.0 Å². The Morgan fingerprint density at radius 2 is 1.51 bits per heavy atom. The molecule has 2 N–H and O–H groups in total. The molecule has 1 aliphatic rings. The number of benzene rings is 4. The Bertz CT molecular complexity index is 1780. The number of esters is 2. The smallest absolute Gasteiger partial charge is 0.338 e. The molecule has 9 heteroatoms. The lowest BCUT2D eigenvalue weighted by atomic mass is 9.84. The maximum absolute atomic E-state index is 14.0. The first kappa shape index (κ1) is 36.4. The van der Waals surface area contributed by atoms with Gasteiger partial charge in [-0.2, -0.15) is 0 Å². The van der Waals surface area contributed by atoms with Crippen molar-refractivity contribution in [2.45, 2.75) is 67.7 Å². The van der Waals surface area contributed by atoms with Crippen molar-refractivity contribution < 1.29 is 19.1 Å². The molecule has 51 heavy (non-hydrogen) atoms. The summed E-state index contributed by atoms with van der Waals surface area (Å²) in [6, 6.07) is 36.7. The van der Waals surface area contributed by atoms with E-state index in [1.54, 1.807) is 23.6 Å². The molecule has 264 valence electrons. The Labute approximate surface area is 309 Å². The zero-order valence-corrected chi connectivity index (χ0v) is 31.1. The zero-order valence-electron chi connectivity index (χ0n) is 29.5.